The van der Waals surface area contributed by atoms with Gasteiger partial charge in [-0.1, -0.05) is 29.8 Å². The van der Waals surface area contributed by atoms with E-state index in [1.807, 2.05) is 43.1 Å². The molecule has 1 aromatic rings. The number of nitrogens with zero attached hydrogens (tertiary/aromatic N) is 1. The Morgan fingerprint density at radius 2 is 1.95 bits per heavy atom. The fourth-order valence-electron chi connectivity index (χ4n) is 2.53. The quantitative estimate of drug-likeness (QED) is 0.919. The molecular formula is C16H24N2O2. The Hall–Kier alpha value is -1.55. The SMILES string of the molecule is CNCC1CCN(C(=O)OCc2ccc(C)cc2)CC1. The van der Waals surface area contributed by atoms with Gasteiger partial charge in [0.05, 0.1) is 0 Å². The van der Waals surface area contributed by atoms with Crippen molar-refractivity contribution in [3.63, 3.8) is 0 Å². The fourth-order valence-corrected chi connectivity index (χ4v) is 2.53. The molecule has 2 rings (SSSR count). The summed E-state index contributed by atoms with van der Waals surface area (Å²) in [6.07, 6.45) is 1.93. The number of amides is 1. The molecule has 1 heterocycles. The van der Waals surface area contributed by atoms with Crippen molar-refractivity contribution < 1.29 is 9.53 Å². The van der Waals surface area contributed by atoms with E-state index in [1.54, 1.807) is 0 Å². The summed E-state index contributed by atoms with van der Waals surface area (Å²) in [5.41, 5.74) is 2.25. The van der Waals surface area contributed by atoms with Crippen LogP contribution in [-0.4, -0.2) is 37.7 Å². The predicted molar refractivity (Wildman–Crippen MR) is 79.6 cm³/mol. The van der Waals surface area contributed by atoms with Crippen molar-refractivity contribution in [3.8, 4) is 0 Å². The Kier molecular flexibility index (Phi) is 5.41. The second-order valence-electron chi connectivity index (χ2n) is 5.53. The molecule has 110 valence electrons. The number of nitrogens with one attached hydrogen (secondary N) is 1. The summed E-state index contributed by atoms with van der Waals surface area (Å²) in [6.45, 7) is 5.05. The minimum atomic E-state index is -0.187. The Labute approximate surface area is 121 Å². The lowest BCUT2D eigenvalue weighted by atomic mass is 9.97. The molecule has 1 fully saturated rings. The van der Waals surface area contributed by atoms with Crippen LogP contribution in [0.15, 0.2) is 24.3 Å². The molecule has 0 unspecified atom stereocenters. The number of piperidine rings is 1. The van der Waals surface area contributed by atoms with Crippen molar-refractivity contribution in [2.24, 2.45) is 5.92 Å². The number of ether oxygens (including phenoxy) is 1. The number of carbonyl (C=O) groups excluding carboxylic acids is 1. The number of benzene rings is 1. The van der Waals surface area contributed by atoms with Crippen LogP contribution in [0, 0.1) is 12.8 Å². The maximum atomic E-state index is 12.0. The topological polar surface area (TPSA) is 41.6 Å². The minimum Gasteiger partial charge on any atom is -0.445 e. The summed E-state index contributed by atoms with van der Waals surface area (Å²) in [5, 5.41) is 3.20. The van der Waals surface area contributed by atoms with Crippen molar-refractivity contribution in [1.82, 2.24) is 10.2 Å². The van der Waals surface area contributed by atoms with E-state index in [0.717, 1.165) is 38.0 Å². The lowest BCUT2D eigenvalue weighted by Gasteiger charge is -2.31. The molecule has 1 amide bonds. The van der Waals surface area contributed by atoms with Gasteiger partial charge in [-0.3, -0.25) is 0 Å². The number of carbonyl (C=O) groups is 1. The van der Waals surface area contributed by atoms with Crippen LogP contribution in [-0.2, 0) is 11.3 Å². The molecule has 0 atom stereocenters. The van der Waals surface area contributed by atoms with E-state index in [1.165, 1.54) is 5.56 Å². The molecule has 4 nitrogen and oxygen atoms in total. The first-order valence-electron chi connectivity index (χ1n) is 7.31. The maximum absolute atomic E-state index is 12.0. The van der Waals surface area contributed by atoms with Crippen molar-refractivity contribution in [2.75, 3.05) is 26.7 Å². The third kappa shape index (κ3) is 4.23. The summed E-state index contributed by atoms with van der Waals surface area (Å²) < 4.78 is 5.37. The molecule has 0 spiro atoms. The van der Waals surface area contributed by atoms with Gasteiger partial charge in [0.1, 0.15) is 6.61 Å². The molecule has 0 saturated carbocycles. The van der Waals surface area contributed by atoms with Gasteiger partial charge in [-0.05, 0) is 44.8 Å². The van der Waals surface area contributed by atoms with E-state index in [-0.39, 0.29) is 6.09 Å². The van der Waals surface area contributed by atoms with E-state index < -0.39 is 0 Å². The molecule has 1 aromatic carbocycles. The van der Waals surface area contributed by atoms with E-state index in [9.17, 15) is 4.79 Å². The molecular weight excluding hydrogens is 252 g/mol. The zero-order valence-corrected chi connectivity index (χ0v) is 12.4. The summed E-state index contributed by atoms with van der Waals surface area (Å²) in [5.74, 6) is 0.682. The van der Waals surface area contributed by atoms with Gasteiger partial charge >= 0.3 is 6.09 Å². The lowest BCUT2D eigenvalue weighted by Crippen LogP contribution is -2.40. The lowest BCUT2D eigenvalue weighted by molar-refractivity contribution is 0.0824. The third-order valence-electron chi connectivity index (χ3n) is 3.85. The van der Waals surface area contributed by atoms with Crippen molar-refractivity contribution in [2.45, 2.75) is 26.4 Å². The predicted octanol–water partition coefficient (Wildman–Crippen LogP) is 2.56. The van der Waals surface area contributed by atoms with Gasteiger partial charge in [-0.25, -0.2) is 4.79 Å². The fraction of sp³-hybridized carbons (Fsp3) is 0.562. The van der Waals surface area contributed by atoms with E-state index in [0.29, 0.717) is 12.5 Å². The Bertz CT molecular complexity index is 423. The first-order valence-corrected chi connectivity index (χ1v) is 7.31. The zero-order valence-electron chi connectivity index (χ0n) is 12.4. The number of hydrogen-bond acceptors (Lipinski definition) is 3. The second kappa shape index (κ2) is 7.29. The summed E-state index contributed by atoms with van der Waals surface area (Å²) in [4.78, 5) is 13.8. The van der Waals surface area contributed by atoms with Gasteiger partial charge in [0, 0.05) is 13.1 Å². The number of likely N-dealkylation sites (tertiary alicyclic amines) is 1. The van der Waals surface area contributed by atoms with Gasteiger partial charge in [0.2, 0.25) is 0 Å². The van der Waals surface area contributed by atoms with Crippen LogP contribution < -0.4 is 5.32 Å². The van der Waals surface area contributed by atoms with E-state index in [2.05, 4.69) is 5.32 Å². The van der Waals surface area contributed by atoms with Gasteiger partial charge in [0.15, 0.2) is 0 Å². The average molecular weight is 276 g/mol. The van der Waals surface area contributed by atoms with Gasteiger partial charge < -0.3 is 15.0 Å². The Morgan fingerprint density at radius 3 is 2.55 bits per heavy atom. The maximum Gasteiger partial charge on any atom is 0.410 e. The normalized spacial score (nSPS) is 16.2. The Morgan fingerprint density at radius 1 is 1.30 bits per heavy atom. The molecule has 0 radical (unpaired) electrons. The third-order valence-corrected chi connectivity index (χ3v) is 3.85. The van der Waals surface area contributed by atoms with Crippen LogP contribution in [0.5, 0.6) is 0 Å². The zero-order chi connectivity index (χ0) is 14.4. The first kappa shape index (κ1) is 14.9. The first-order chi connectivity index (χ1) is 9.69. The molecule has 1 aliphatic heterocycles. The molecule has 1 saturated heterocycles. The standard InChI is InChI=1S/C16H24N2O2/c1-13-3-5-15(6-4-13)12-20-16(19)18-9-7-14(8-10-18)11-17-2/h3-6,14,17H,7-12H2,1-2H3. The monoisotopic (exact) mass is 276 g/mol. The molecule has 1 aliphatic rings. The molecule has 4 heteroatoms. The highest BCUT2D eigenvalue weighted by atomic mass is 16.6. The number of rotatable bonds is 4. The van der Waals surface area contributed by atoms with Crippen LogP contribution in [0.3, 0.4) is 0 Å². The summed E-state index contributed by atoms with van der Waals surface area (Å²) in [7, 11) is 1.97. The highest BCUT2D eigenvalue weighted by molar-refractivity contribution is 5.67. The second-order valence-corrected chi connectivity index (χ2v) is 5.53. The van der Waals surface area contributed by atoms with Crippen LogP contribution in [0.2, 0.25) is 0 Å². The highest BCUT2D eigenvalue weighted by Gasteiger charge is 2.23. The van der Waals surface area contributed by atoms with Gasteiger partial charge in [-0.15, -0.1) is 0 Å². The number of aryl methyl sites for hydroxylation is 1. The van der Waals surface area contributed by atoms with Gasteiger partial charge in [0.25, 0.3) is 0 Å². The van der Waals surface area contributed by atoms with Crippen LogP contribution in [0.1, 0.15) is 24.0 Å². The molecule has 0 aromatic heterocycles. The largest absolute Gasteiger partial charge is 0.445 e. The number of hydrogen-bond donors (Lipinski definition) is 1. The highest BCUT2D eigenvalue weighted by Crippen LogP contribution is 2.17. The molecule has 1 N–H and O–H groups in total. The summed E-state index contributed by atoms with van der Waals surface area (Å²) >= 11 is 0. The minimum absolute atomic E-state index is 0.187. The van der Waals surface area contributed by atoms with Gasteiger partial charge in [-0.2, -0.15) is 0 Å². The van der Waals surface area contributed by atoms with Crippen LogP contribution in [0.4, 0.5) is 4.79 Å². The molecule has 0 bridgehead atoms. The van der Waals surface area contributed by atoms with Crippen molar-refractivity contribution >= 4 is 6.09 Å². The average Bonchev–Trinajstić information content (AvgIpc) is 2.47. The van der Waals surface area contributed by atoms with E-state index in [4.69, 9.17) is 4.74 Å². The smallest absolute Gasteiger partial charge is 0.410 e. The molecule has 20 heavy (non-hydrogen) atoms. The molecule has 0 aliphatic carbocycles. The Balaban J connectivity index is 1.74. The van der Waals surface area contributed by atoms with Crippen molar-refractivity contribution in [1.29, 1.82) is 0 Å². The van der Waals surface area contributed by atoms with E-state index >= 15 is 0 Å². The van der Waals surface area contributed by atoms with Crippen molar-refractivity contribution in [3.05, 3.63) is 35.4 Å². The van der Waals surface area contributed by atoms with Crippen LogP contribution in [0.25, 0.3) is 0 Å². The van der Waals surface area contributed by atoms with Crippen LogP contribution >= 0.6 is 0 Å². The summed E-state index contributed by atoms with van der Waals surface area (Å²) in [6, 6.07) is 8.07.